The maximum atomic E-state index is 5.51. The number of hydrogen-bond acceptors (Lipinski definition) is 3. The number of rotatable bonds is 2. The van der Waals surface area contributed by atoms with Gasteiger partial charge in [-0.15, -0.1) is 0 Å². The van der Waals surface area contributed by atoms with Crippen molar-refractivity contribution in [3.63, 3.8) is 0 Å². The molecule has 0 spiro atoms. The average molecular weight is 226 g/mol. The Bertz CT molecular complexity index is 214. The molecule has 0 aromatic rings. The maximum absolute atomic E-state index is 5.51. The van der Waals surface area contributed by atoms with Crippen molar-refractivity contribution in [2.45, 2.75) is 51.7 Å². The van der Waals surface area contributed by atoms with Crippen molar-refractivity contribution in [1.82, 2.24) is 9.80 Å². The van der Waals surface area contributed by atoms with E-state index >= 15 is 0 Å². The van der Waals surface area contributed by atoms with Gasteiger partial charge in [0.2, 0.25) is 0 Å². The van der Waals surface area contributed by atoms with E-state index in [9.17, 15) is 0 Å². The lowest BCUT2D eigenvalue weighted by Gasteiger charge is -2.33. The van der Waals surface area contributed by atoms with Gasteiger partial charge in [0.25, 0.3) is 0 Å². The zero-order valence-corrected chi connectivity index (χ0v) is 11.0. The van der Waals surface area contributed by atoms with E-state index in [1.807, 2.05) is 0 Å². The third-order valence-corrected chi connectivity index (χ3v) is 4.01. The summed E-state index contributed by atoms with van der Waals surface area (Å²) in [6.45, 7) is 12.6. The molecule has 2 fully saturated rings. The minimum Gasteiger partial charge on any atom is -0.380 e. The van der Waals surface area contributed by atoms with Crippen LogP contribution >= 0.6 is 0 Å². The van der Waals surface area contributed by atoms with Crippen molar-refractivity contribution in [3.05, 3.63) is 0 Å². The fourth-order valence-electron chi connectivity index (χ4n) is 3.12. The fraction of sp³-hybridized carbons (Fsp3) is 1.00. The highest BCUT2D eigenvalue weighted by Gasteiger charge is 2.29. The topological polar surface area (TPSA) is 15.7 Å². The highest BCUT2D eigenvalue weighted by Crippen LogP contribution is 2.19. The monoisotopic (exact) mass is 226 g/mol. The normalized spacial score (nSPS) is 34.5. The van der Waals surface area contributed by atoms with E-state index in [4.69, 9.17) is 4.74 Å². The molecular formula is C13H26N2O. The predicted molar refractivity (Wildman–Crippen MR) is 66.7 cm³/mol. The van der Waals surface area contributed by atoms with Gasteiger partial charge < -0.3 is 4.74 Å². The Morgan fingerprint density at radius 2 is 2.06 bits per heavy atom. The standard InChI is InChI=1S/C13H26N2O/c1-11(2)15-7-4-6-14(9-12(15)3)13-5-8-16-10-13/h11-13H,4-10H2,1-3H3/t12-,13?/m0/s1. The Balaban J connectivity index is 1.93. The third kappa shape index (κ3) is 2.76. The molecule has 2 atom stereocenters. The molecule has 2 saturated heterocycles. The molecule has 2 aliphatic heterocycles. The van der Waals surface area contributed by atoms with Gasteiger partial charge >= 0.3 is 0 Å². The molecule has 0 N–H and O–H groups in total. The summed E-state index contributed by atoms with van der Waals surface area (Å²) in [4.78, 5) is 5.29. The second kappa shape index (κ2) is 5.48. The molecular weight excluding hydrogens is 200 g/mol. The van der Waals surface area contributed by atoms with Gasteiger partial charge in [-0.2, -0.15) is 0 Å². The van der Waals surface area contributed by atoms with Crippen LogP contribution in [0.4, 0.5) is 0 Å². The highest BCUT2D eigenvalue weighted by molar-refractivity contribution is 4.84. The summed E-state index contributed by atoms with van der Waals surface area (Å²) in [5, 5.41) is 0. The first kappa shape index (κ1) is 12.3. The summed E-state index contributed by atoms with van der Waals surface area (Å²) in [7, 11) is 0. The molecule has 0 aromatic carbocycles. The third-order valence-electron chi connectivity index (χ3n) is 4.01. The van der Waals surface area contributed by atoms with Crippen molar-refractivity contribution >= 4 is 0 Å². The molecule has 2 rings (SSSR count). The minimum absolute atomic E-state index is 0.676. The average Bonchev–Trinajstić information content (AvgIpc) is 2.68. The highest BCUT2D eigenvalue weighted by atomic mass is 16.5. The van der Waals surface area contributed by atoms with Gasteiger partial charge in [0.05, 0.1) is 6.61 Å². The van der Waals surface area contributed by atoms with Gasteiger partial charge in [0.1, 0.15) is 0 Å². The first-order valence-electron chi connectivity index (χ1n) is 6.76. The van der Waals surface area contributed by atoms with E-state index in [0.717, 1.165) is 13.2 Å². The van der Waals surface area contributed by atoms with Gasteiger partial charge in [0, 0.05) is 31.3 Å². The van der Waals surface area contributed by atoms with Crippen LogP contribution in [-0.4, -0.2) is 60.8 Å². The molecule has 3 heteroatoms. The molecule has 0 amide bonds. The van der Waals surface area contributed by atoms with Crippen molar-refractivity contribution in [3.8, 4) is 0 Å². The zero-order valence-electron chi connectivity index (χ0n) is 11.0. The van der Waals surface area contributed by atoms with E-state index in [2.05, 4.69) is 30.6 Å². The van der Waals surface area contributed by atoms with Gasteiger partial charge in [-0.05, 0) is 46.7 Å². The summed E-state index contributed by atoms with van der Waals surface area (Å²) < 4.78 is 5.51. The number of ether oxygens (including phenoxy) is 1. The Morgan fingerprint density at radius 1 is 1.25 bits per heavy atom. The summed E-state index contributed by atoms with van der Waals surface area (Å²) in [5.41, 5.74) is 0. The maximum Gasteiger partial charge on any atom is 0.0622 e. The van der Waals surface area contributed by atoms with Crippen LogP contribution in [0.2, 0.25) is 0 Å². The Morgan fingerprint density at radius 3 is 2.69 bits per heavy atom. The van der Waals surface area contributed by atoms with Crippen LogP contribution in [0.1, 0.15) is 33.6 Å². The van der Waals surface area contributed by atoms with Crippen LogP contribution in [0.25, 0.3) is 0 Å². The van der Waals surface area contributed by atoms with Crippen LogP contribution in [0.3, 0.4) is 0 Å². The predicted octanol–water partition coefficient (Wildman–Crippen LogP) is 1.58. The molecule has 3 nitrogen and oxygen atoms in total. The molecule has 0 radical (unpaired) electrons. The summed E-state index contributed by atoms with van der Waals surface area (Å²) in [5.74, 6) is 0. The van der Waals surface area contributed by atoms with Crippen molar-refractivity contribution in [2.24, 2.45) is 0 Å². The van der Waals surface area contributed by atoms with Crippen molar-refractivity contribution < 1.29 is 4.74 Å². The quantitative estimate of drug-likeness (QED) is 0.711. The Labute approximate surface area is 99.7 Å². The van der Waals surface area contributed by atoms with Crippen LogP contribution in [0.15, 0.2) is 0 Å². The van der Waals surface area contributed by atoms with Crippen molar-refractivity contribution in [2.75, 3.05) is 32.8 Å². The van der Waals surface area contributed by atoms with E-state index in [-0.39, 0.29) is 0 Å². The van der Waals surface area contributed by atoms with Gasteiger partial charge in [0.15, 0.2) is 0 Å². The van der Waals surface area contributed by atoms with Gasteiger partial charge in [-0.25, -0.2) is 0 Å². The van der Waals surface area contributed by atoms with Gasteiger partial charge in [-0.1, -0.05) is 0 Å². The van der Waals surface area contributed by atoms with Crippen molar-refractivity contribution in [1.29, 1.82) is 0 Å². The van der Waals surface area contributed by atoms with E-state index in [1.54, 1.807) is 0 Å². The first-order valence-corrected chi connectivity index (χ1v) is 6.76. The van der Waals surface area contributed by atoms with Crippen LogP contribution < -0.4 is 0 Å². The zero-order chi connectivity index (χ0) is 11.5. The molecule has 0 bridgehead atoms. The summed E-state index contributed by atoms with van der Waals surface area (Å²) in [6.07, 6.45) is 2.54. The minimum atomic E-state index is 0.676. The molecule has 0 saturated carbocycles. The Hall–Kier alpha value is -0.120. The van der Waals surface area contributed by atoms with Crippen LogP contribution in [0, 0.1) is 0 Å². The Kier molecular flexibility index (Phi) is 4.22. The smallest absolute Gasteiger partial charge is 0.0622 e. The molecule has 94 valence electrons. The van der Waals surface area contributed by atoms with E-state index in [0.29, 0.717) is 18.1 Å². The molecule has 2 aliphatic rings. The molecule has 16 heavy (non-hydrogen) atoms. The van der Waals surface area contributed by atoms with Crippen LogP contribution in [-0.2, 0) is 4.74 Å². The van der Waals surface area contributed by atoms with Crippen LogP contribution in [0.5, 0.6) is 0 Å². The second-order valence-electron chi connectivity index (χ2n) is 5.55. The number of hydrogen-bond donors (Lipinski definition) is 0. The largest absolute Gasteiger partial charge is 0.380 e. The molecule has 2 heterocycles. The molecule has 0 aliphatic carbocycles. The second-order valence-corrected chi connectivity index (χ2v) is 5.55. The van der Waals surface area contributed by atoms with E-state index in [1.165, 1.54) is 32.5 Å². The summed E-state index contributed by atoms with van der Waals surface area (Å²) >= 11 is 0. The lowest BCUT2D eigenvalue weighted by atomic mass is 10.2. The lowest BCUT2D eigenvalue weighted by molar-refractivity contribution is 0.121. The van der Waals surface area contributed by atoms with Gasteiger partial charge in [-0.3, -0.25) is 9.80 Å². The first-order chi connectivity index (χ1) is 7.68. The molecule has 1 unspecified atom stereocenters. The fourth-order valence-corrected chi connectivity index (χ4v) is 3.12. The SMILES string of the molecule is CC(C)N1CCCN(C2CCOC2)C[C@@H]1C. The summed E-state index contributed by atoms with van der Waals surface area (Å²) in [6, 6.07) is 2.05. The number of nitrogens with zero attached hydrogens (tertiary/aromatic N) is 2. The lowest BCUT2D eigenvalue weighted by Crippen LogP contribution is -2.45. The van der Waals surface area contributed by atoms with E-state index < -0.39 is 0 Å². The molecule has 0 aromatic heterocycles.